The molecule has 1 heterocycles. The quantitative estimate of drug-likeness (QED) is 0.724. The molecule has 1 unspecified atom stereocenters. The molecule has 1 aromatic heterocycles. The van der Waals surface area contributed by atoms with Crippen molar-refractivity contribution < 1.29 is 4.74 Å². The summed E-state index contributed by atoms with van der Waals surface area (Å²) in [6.45, 7) is 0.870. The minimum Gasteiger partial charge on any atom is -0.485 e. The van der Waals surface area contributed by atoms with Gasteiger partial charge in [-0.3, -0.25) is 5.10 Å². The number of halogens is 1. The Balaban J connectivity index is 1.93. The van der Waals surface area contributed by atoms with Crippen molar-refractivity contribution in [3.8, 4) is 5.75 Å². The van der Waals surface area contributed by atoms with Crippen LogP contribution in [-0.2, 0) is 0 Å². The van der Waals surface area contributed by atoms with Gasteiger partial charge in [0.05, 0.1) is 17.1 Å². The van der Waals surface area contributed by atoms with Crippen LogP contribution >= 0.6 is 11.6 Å². The fourth-order valence-corrected chi connectivity index (χ4v) is 2.68. The second-order valence-corrected chi connectivity index (χ2v) is 5.58. The highest BCUT2D eigenvalue weighted by molar-refractivity contribution is 6.31. The van der Waals surface area contributed by atoms with E-state index in [2.05, 4.69) is 27.6 Å². The minimum atomic E-state index is -0.0368. The minimum absolute atomic E-state index is 0.0368. The van der Waals surface area contributed by atoms with Crippen molar-refractivity contribution in [1.29, 1.82) is 0 Å². The molecule has 1 atom stereocenters. The van der Waals surface area contributed by atoms with Crippen LogP contribution in [0.1, 0.15) is 18.1 Å². The summed E-state index contributed by atoms with van der Waals surface area (Å²) < 4.78 is 6.27. The number of H-pyrrole nitrogens is 1. The van der Waals surface area contributed by atoms with Crippen LogP contribution in [0.15, 0.2) is 48.7 Å². The summed E-state index contributed by atoms with van der Waals surface area (Å²) >= 11 is 6.17. The number of nitrogens with zero attached hydrogens (tertiary/aromatic N) is 1. The number of ether oxygens (including phenoxy) is 1. The van der Waals surface area contributed by atoms with Crippen molar-refractivity contribution in [2.24, 2.45) is 0 Å². The van der Waals surface area contributed by atoms with Gasteiger partial charge in [0, 0.05) is 11.4 Å². The molecule has 0 aliphatic rings. The molecule has 0 spiro atoms. The highest BCUT2D eigenvalue weighted by Gasteiger charge is 2.15. The number of aromatic nitrogens is 2. The SMILES string of the molecule is CNCCC(Oc1cc(Cl)cc2[nH]ncc12)c1ccccc1. The number of fused-ring (bicyclic) bond motifs is 1. The molecule has 0 aliphatic heterocycles. The van der Waals surface area contributed by atoms with Gasteiger partial charge in [0.25, 0.3) is 0 Å². The van der Waals surface area contributed by atoms with Crippen molar-refractivity contribution in [2.45, 2.75) is 12.5 Å². The van der Waals surface area contributed by atoms with Gasteiger partial charge in [-0.15, -0.1) is 0 Å². The van der Waals surface area contributed by atoms with Crippen molar-refractivity contribution >= 4 is 22.5 Å². The number of hydrogen-bond acceptors (Lipinski definition) is 3. The van der Waals surface area contributed by atoms with Gasteiger partial charge >= 0.3 is 0 Å². The largest absolute Gasteiger partial charge is 0.485 e. The summed E-state index contributed by atoms with van der Waals surface area (Å²) in [5.41, 5.74) is 2.03. The molecule has 114 valence electrons. The van der Waals surface area contributed by atoms with Gasteiger partial charge in [-0.1, -0.05) is 41.9 Å². The third-order valence-electron chi connectivity index (χ3n) is 3.58. The lowest BCUT2D eigenvalue weighted by atomic mass is 10.1. The summed E-state index contributed by atoms with van der Waals surface area (Å²) in [7, 11) is 1.94. The summed E-state index contributed by atoms with van der Waals surface area (Å²) in [6, 6.07) is 13.9. The summed E-state index contributed by atoms with van der Waals surface area (Å²) in [5, 5.41) is 11.7. The summed E-state index contributed by atoms with van der Waals surface area (Å²) in [5.74, 6) is 0.751. The van der Waals surface area contributed by atoms with E-state index in [-0.39, 0.29) is 6.10 Å². The molecule has 3 rings (SSSR count). The number of benzene rings is 2. The van der Waals surface area contributed by atoms with Gasteiger partial charge in [0.1, 0.15) is 11.9 Å². The van der Waals surface area contributed by atoms with Crippen LogP contribution in [0.2, 0.25) is 5.02 Å². The topological polar surface area (TPSA) is 49.9 Å². The zero-order chi connectivity index (χ0) is 15.4. The third kappa shape index (κ3) is 3.24. The Morgan fingerprint density at radius 2 is 2.09 bits per heavy atom. The van der Waals surface area contributed by atoms with Gasteiger partial charge in [-0.05, 0) is 31.3 Å². The Hall–Kier alpha value is -2.04. The molecule has 2 aromatic carbocycles. The lowest BCUT2D eigenvalue weighted by Crippen LogP contribution is -2.16. The molecule has 5 heteroatoms. The molecule has 0 saturated heterocycles. The Kier molecular flexibility index (Phi) is 4.61. The number of nitrogens with one attached hydrogen (secondary N) is 2. The Bertz CT molecular complexity index is 742. The molecular formula is C17H18ClN3O. The Morgan fingerprint density at radius 3 is 2.86 bits per heavy atom. The van der Waals surface area contributed by atoms with E-state index >= 15 is 0 Å². The van der Waals surface area contributed by atoms with Crippen molar-refractivity contribution in [1.82, 2.24) is 15.5 Å². The summed E-state index contributed by atoms with van der Waals surface area (Å²) in [6.07, 6.45) is 2.60. The lowest BCUT2D eigenvalue weighted by Gasteiger charge is -2.20. The average Bonchev–Trinajstić information content (AvgIpc) is 3.00. The van der Waals surface area contributed by atoms with Crippen LogP contribution in [0.3, 0.4) is 0 Å². The predicted octanol–water partition coefficient (Wildman–Crippen LogP) is 3.95. The van der Waals surface area contributed by atoms with E-state index in [4.69, 9.17) is 16.3 Å². The van der Waals surface area contributed by atoms with Gasteiger partial charge in [0.15, 0.2) is 0 Å². The maximum absolute atomic E-state index is 6.27. The van der Waals surface area contributed by atoms with Gasteiger partial charge in [0.2, 0.25) is 0 Å². The van der Waals surface area contributed by atoms with E-state index in [1.54, 1.807) is 6.20 Å². The molecular weight excluding hydrogens is 298 g/mol. The van der Waals surface area contributed by atoms with Crippen molar-refractivity contribution in [3.05, 3.63) is 59.2 Å². The second kappa shape index (κ2) is 6.81. The van der Waals surface area contributed by atoms with E-state index in [9.17, 15) is 0 Å². The maximum atomic E-state index is 6.27. The zero-order valence-electron chi connectivity index (χ0n) is 12.3. The van der Waals surface area contributed by atoms with E-state index in [1.165, 1.54) is 0 Å². The molecule has 0 fully saturated rings. The first-order valence-corrected chi connectivity index (χ1v) is 7.64. The van der Waals surface area contributed by atoms with Crippen molar-refractivity contribution in [3.63, 3.8) is 0 Å². The Morgan fingerprint density at radius 1 is 1.27 bits per heavy atom. The van der Waals surface area contributed by atoms with Crippen LogP contribution < -0.4 is 10.1 Å². The van der Waals surface area contributed by atoms with E-state index in [0.29, 0.717) is 5.02 Å². The first kappa shape index (κ1) is 14.9. The van der Waals surface area contributed by atoms with Gasteiger partial charge in [-0.2, -0.15) is 5.10 Å². The van der Waals surface area contributed by atoms with Gasteiger partial charge < -0.3 is 10.1 Å². The molecule has 0 amide bonds. The number of hydrogen-bond donors (Lipinski definition) is 2. The van der Waals surface area contributed by atoms with Crippen LogP contribution in [-0.4, -0.2) is 23.8 Å². The molecule has 4 nitrogen and oxygen atoms in total. The van der Waals surface area contributed by atoms with Crippen molar-refractivity contribution in [2.75, 3.05) is 13.6 Å². The molecule has 3 aromatic rings. The van der Waals surface area contributed by atoms with Crippen LogP contribution in [0.5, 0.6) is 5.75 Å². The number of aromatic amines is 1. The lowest BCUT2D eigenvalue weighted by molar-refractivity contribution is 0.197. The van der Waals surface area contributed by atoms with E-state index in [1.807, 2.05) is 37.4 Å². The monoisotopic (exact) mass is 315 g/mol. The molecule has 0 saturated carbocycles. The van der Waals surface area contributed by atoms with Gasteiger partial charge in [-0.25, -0.2) is 0 Å². The first-order valence-electron chi connectivity index (χ1n) is 7.27. The molecule has 2 N–H and O–H groups in total. The standard InChI is InChI=1S/C17H18ClN3O/c1-19-8-7-16(12-5-3-2-4-6-12)22-17-10-13(18)9-15-14(17)11-20-21-15/h2-6,9-11,16,19H,7-8H2,1H3,(H,20,21). The molecule has 0 radical (unpaired) electrons. The molecule has 0 bridgehead atoms. The van der Waals surface area contributed by atoms with Crippen LogP contribution in [0.4, 0.5) is 0 Å². The van der Waals surface area contributed by atoms with Crippen LogP contribution in [0, 0.1) is 0 Å². The highest BCUT2D eigenvalue weighted by atomic mass is 35.5. The average molecular weight is 316 g/mol. The Labute approximate surface area is 134 Å². The summed E-state index contributed by atoms with van der Waals surface area (Å²) in [4.78, 5) is 0. The zero-order valence-corrected chi connectivity index (χ0v) is 13.1. The number of rotatable bonds is 6. The van der Waals surface area contributed by atoms with Crippen LogP contribution in [0.25, 0.3) is 10.9 Å². The predicted molar refractivity (Wildman–Crippen MR) is 89.5 cm³/mol. The van der Waals surface area contributed by atoms with E-state index < -0.39 is 0 Å². The second-order valence-electron chi connectivity index (χ2n) is 5.14. The maximum Gasteiger partial charge on any atom is 0.132 e. The smallest absolute Gasteiger partial charge is 0.132 e. The third-order valence-corrected chi connectivity index (χ3v) is 3.80. The fourth-order valence-electron chi connectivity index (χ4n) is 2.47. The fraction of sp³-hybridized carbons (Fsp3) is 0.235. The first-order chi connectivity index (χ1) is 10.8. The highest BCUT2D eigenvalue weighted by Crippen LogP contribution is 2.33. The normalized spacial score (nSPS) is 12.5. The molecule has 22 heavy (non-hydrogen) atoms. The molecule has 0 aliphatic carbocycles. The van der Waals surface area contributed by atoms with E-state index in [0.717, 1.165) is 35.2 Å².